The molecule has 0 aromatic heterocycles. The van der Waals surface area contributed by atoms with E-state index >= 15 is 0 Å². The highest BCUT2D eigenvalue weighted by molar-refractivity contribution is 6.43. The van der Waals surface area contributed by atoms with Gasteiger partial charge in [-0.2, -0.15) is 0 Å². The standard InChI is InChI=1S/C17H25BN2O5/c1-12(2)10-15(18(23)24)20-17(22)9-8-16(21)19-11-13-4-6-14(25-3)7-5-13/h4-9,12,15,23-24H,10-11H2,1-3H3,(H,19,21)(H,20,22)/b9-8+/t15-/m0/s1. The molecular formula is C17H25BN2O5. The van der Waals surface area contributed by atoms with E-state index in [1.165, 1.54) is 0 Å². The van der Waals surface area contributed by atoms with Crippen molar-refractivity contribution in [3.05, 3.63) is 42.0 Å². The van der Waals surface area contributed by atoms with Gasteiger partial charge in [0, 0.05) is 18.7 Å². The summed E-state index contributed by atoms with van der Waals surface area (Å²) in [6, 6.07) is 7.24. The average molecular weight is 348 g/mol. The van der Waals surface area contributed by atoms with Crippen molar-refractivity contribution in [3.8, 4) is 5.75 Å². The number of hydrogen-bond donors (Lipinski definition) is 4. The van der Waals surface area contributed by atoms with E-state index in [-0.39, 0.29) is 5.92 Å². The van der Waals surface area contributed by atoms with Gasteiger partial charge >= 0.3 is 7.12 Å². The highest BCUT2D eigenvalue weighted by Crippen LogP contribution is 2.10. The molecule has 0 unspecified atom stereocenters. The van der Waals surface area contributed by atoms with Gasteiger partial charge in [-0.15, -0.1) is 0 Å². The lowest BCUT2D eigenvalue weighted by molar-refractivity contribution is -0.119. The van der Waals surface area contributed by atoms with Crippen LogP contribution in [0.15, 0.2) is 36.4 Å². The van der Waals surface area contributed by atoms with E-state index in [0.29, 0.717) is 13.0 Å². The molecule has 0 aliphatic carbocycles. The highest BCUT2D eigenvalue weighted by atomic mass is 16.5. The first-order valence-corrected chi connectivity index (χ1v) is 8.07. The number of carbonyl (C=O) groups is 2. The number of ether oxygens (including phenoxy) is 1. The Balaban J connectivity index is 2.44. The highest BCUT2D eigenvalue weighted by Gasteiger charge is 2.25. The lowest BCUT2D eigenvalue weighted by Gasteiger charge is -2.18. The van der Waals surface area contributed by atoms with Crippen LogP contribution in [0.5, 0.6) is 5.75 Å². The molecule has 8 heteroatoms. The van der Waals surface area contributed by atoms with Crippen molar-refractivity contribution < 1.29 is 24.4 Å². The summed E-state index contributed by atoms with van der Waals surface area (Å²) in [4.78, 5) is 23.5. The molecule has 0 aliphatic rings. The van der Waals surface area contributed by atoms with E-state index in [1.54, 1.807) is 19.2 Å². The first-order valence-electron chi connectivity index (χ1n) is 8.07. The Labute approximate surface area is 148 Å². The Morgan fingerprint density at radius 1 is 1.16 bits per heavy atom. The minimum Gasteiger partial charge on any atom is -0.497 e. The van der Waals surface area contributed by atoms with E-state index in [9.17, 15) is 19.6 Å². The zero-order valence-corrected chi connectivity index (χ0v) is 14.7. The second kappa shape index (κ2) is 10.5. The Hall–Kier alpha value is -2.32. The Bertz CT molecular complexity index is 587. The van der Waals surface area contributed by atoms with Gasteiger partial charge < -0.3 is 25.4 Å². The average Bonchev–Trinajstić information content (AvgIpc) is 2.57. The van der Waals surface area contributed by atoms with E-state index in [2.05, 4.69) is 10.6 Å². The van der Waals surface area contributed by atoms with Gasteiger partial charge in [-0.3, -0.25) is 9.59 Å². The minimum absolute atomic E-state index is 0.184. The van der Waals surface area contributed by atoms with Crippen LogP contribution >= 0.6 is 0 Å². The van der Waals surface area contributed by atoms with Gasteiger partial charge in [0.15, 0.2) is 0 Å². The fraction of sp³-hybridized carbons (Fsp3) is 0.412. The number of methoxy groups -OCH3 is 1. The predicted octanol–water partition coefficient (Wildman–Crippen LogP) is 0.410. The number of hydrogen-bond acceptors (Lipinski definition) is 5. The SMILES string of the molecule is COc1ccc(CNC(=O)/C=C/C(=O)N[C@@H](CC(C)C)B(O)O)cc1. The van der Waals surface area contributed by atoms with Crippen LogP contribution in [-0.2, 0) is 16.1 Å². The van der Waals surface area contributed by atoms with E-state index in [1.807, 2.05) is 26.0 Å². The third-order valence-electron chi connectivity index (χ3n) is 3.42. The molecule has 0 saturated carbocycles. The van der Waals surface area contributed by atoms with Crippen LogP contribution < -0.4 is 15.4 Å². The Morgan fingerprint density at radius 3 is 2.28 bits per heavy atom. The maximum absolute atomic E-state index is 11.8. The molecule has 7 nitrogen and oxygen atoms in total. The molecule has 0 heterocycles. The first kappa shape index (κ1) is 20.7. The molecule has 4 N–H and O–H groups in total. The summed E-state index contributed by atoms with van der Waals surface area (Å²) >= 11 is 0. The van der Waals surface area contributed by atoms with Crippen LogP contribution in [0.3, 0.4) is 0 Å². The summed E-state index contributed by atoms with van der Waals surface area (Å²) in [6.45, 7) is 4.13. The fourth-order valence-electron chi connectivity index (χ4n) is 2.14. The second-order valence-corrected chi connectivity index (χ2v) is 6.06. The lowest BCUT2D eigenvalue weighted by atomic mass is 9.75. The van der Waals surface area contributed by atoms with Gasteiger partial charge in [-0.1, -0.05) is 26.0 Å². The molecule has 0 bridgehead atoms. The van der Waals surface area contributed by atoms with Crippen molar-refractivity contribution in [1.82, 2.24) is 10.6 Å². The van der Waals surface area contributed by atoms with Crippen LogP contribution in [0.1, 0.15) is 25.8 Å². The molecule has 1 aromatic rings. The molecule has 136 valence electrons. The van der Waals surface area contributed by atoms with E-state index < -0.39 is 24.9 Å². The van der Waals surface area contributed by atoms with Crippen LogP contribution in [0, 0.1) is 5.92 Å². The molecule has 1 rings (SSSR count). The minimum atomic E-state index is -1.65. The normalized spacial score (nSPS) is 12.1. The monoisotopic (exact) mass is 348 g/mol. The van der Waals surface area contributed by atoms with Crippen LogP contribution in [-0.4, -0.2) is 42.0 Å². The third kappa shape index (κ3) is 8.37. The van der Waals surface area contributed by atoms with Crippen molar-refractivity contribution >= 4 is 18.9 Å². The second-order valence-electron chi connectivity index (χ2n) is 6.06. The quantitative estimate of drug-likeness (QED) is 0.382. The van der Waals surface area contributed by atoms with E-state index in [4.69, 9.17) is 4.74 Å². The number of amides is 2. The maximum Gasteiger partial charge on any atom is 0.475 e. The van der Waals surface area contributed by atoms with Gasteiger partial charge in [-0.05, 0) is 30.0 Å². The molecule has 1 aromatic carbocycles. The molecule has 0 saturated heterocycles. The number of rotatable bonds is 9. The first-order chi connectivity index (χ1) is 11.8. The smallest absolute Gasteiger partial charge is 0.475 e. The molecule has 0 aliphatic heterocycles. The molecule has 0 radical (unpaired) electrons. The molecule has 0 fully saturated rings. The molecule has 1 atom stereocenters. The number of carbonyl (C=O) groups excluding carboxylic acids is 2. The number of nitrogens with one attached hydrogen (secondary N) is 2. The molecule has 0 spiro atoms. The van der Waals surface area contributed by atoms with Gasteiger partial charge in [0.2, 0.25) is 11.8 Å². The summed E-state index contributed by atoms with van der Waals surface area (Å²) in [5, 5.41) is 23.7. The predicted molar refractivity (Wildman–Crippen MR) is 95.6 cm³/mol. The number of benzene rings is 1. The topological polar surface area (TPSA) is 108 Å². The zero-order chi connectivity index (χ0) is 18.8. The van der Waals surface area contributed by atoms with Gasteiger partial charge in [0.1, 0.15) is 5.75 Å². The summed E-state index contributed by atoms with van der Waals surface area (Å²) in [5.41, 5.74) is 0.896. The van der Waals surface area contributed by atoms with Gasteiger partial charge in [0.25, 0.3) is 0 Å². The van der Waals surface area contributed by atoms with Crippen molar-refractivity contribution in [1.29, 1.82) is 0 Å². The maximum atomic E-state index is 11.8. The molecular weight excluding hydrogens is 323 g/mol. The zero-order valence-electron chi connectivity index (χ0n) is 14.7. The third-order valence-corrected chi connectivity index (χ3v) is 3.42. The Morgan fingerprint density at radius 2 is 1.76 bits per heavy atom. The Kier molecular flexibility index (Phi) is 8.73. The van der Waals surface area contributed by atoms with Crippen molar-refractivity contribution in [2.45, 2.75) is 32.8 Å². The largest absolute Gasteiger partial charge is 0.497 e. The lowest BCUT2D eigenvalue weighted by Crippen LogP contribution is -2.46. The van der Waals surface area contributed by atoms with Crippen molar-refractivity contribution in [3.63, 3.8) is 0 Å². The summed E-state index contributed by atoms with van der Waals surface area (Å²) in [6.07, 6.45) is 2.59. The summed E-state index contributed by atoms with van der Waals surface area (Å²) in [7, 11) is -0.0719. The fourth-order valence-corrected chi connectivity index (χ4v) is 2.14. The van der Waals surface area contributed by atoms with Gasteiger partial charge in [0.05, 0.1) is 13.1 Å². The summed E-state index contributed by atoms with van der Waals surface area (Å²) < 4.78 is 5.05. The van der Waals surface area contributed by atoms with Crippen molar-refractivity contribution in [2.75, 3.05) is 7.11 Å². The van der Waals surface area contributed by atoms with Gasteiger partial charge in [-0.25, -0.2) is 0 Å². The van der Waals surface area contributed by atoms with E-state index in [0.717, 1.165) is 23.5 Å². The summed E-state index contributed by atoms with van der Waals surface area (Å²) in [5.74, 6) is -0.841. The van der Waals surface area contributed by atoms with Crippen molar-refractivity contribution in [2.24, 2.45) is 5.92 Å². The van der Waals surface area contributed by atoms with Crippen LogP contribution in [0.25, 0.3) is 0 Å². The molecule has 25 heavy (non-hydrogen) atoms. The van der Waals surface area contributed by atoms with Crippen LogP contribution in [0.4, 0.5) is 0 Å². The molecule has 2 amide bonds. The van der Waals surface area contributed by atoms with Crippen LogP contribution in [0.2, 0.25) is 0 Å².